The fraction of sp³-hybridized carbons (Fsp3) is 0.176. The zero-order valence-corrected chi connectivity index (χ0v) is 13.2. The highest BCUT2D eigenvalue weighted by Crippen LogP contribution is 2.25. The first kappa shape index (κ1) is 16.8. The van der Waals surface area contributed by atoms with Crippen molar-refractivity contribution in [3.63, 3.8) is 0 Å². The molecule has 0 aliphatic rings. The zero-order chi connectivity index (χ0) is 18.0. The van der Waals surface area contributed by atoms with Gasteiger partial charge in [0.1, 0.15) is 12.0 Å². The van der Waals surface area contributed by atoms with Crippen molar-refractivity contribution in [2.45, 2.75) is 12.9 Å². The summed E-state index contributed by atoms with van der Waals surface area (Å²) < 4.78 is 41.9. The van der Waals surface area contributed by atoms with Crippen LogP contribution in [0.4, 0.5) is 18.9 Å². The average Bonchev–Trinajstić information content (AvgIpc) is 2.88. The minimum absolute atomic E-state index is 0.275. The predicted molar refractivity (Wildman–Crippen MR) is 86.6 cm³/mol. The second-order valence-corrected chi connectivity index (χ2v) is 5.39. The average molecular weight is 349 g/mol. The summed E-state index contributed by atoms with van der Waals surface area (Å²) in [6.07, 6.45) is -3.93. The second kappa shape index (κ2) is 6.46. The van der Waals surface area contributed by atoms with E-state index >= 15 is 0 Å². The fourth-order valence-electron chi connectivity index (χ4n) is 2.51. The Morgan fingerprint density at radius 2 is 1.92 bits per heavy atom. The lowest BCUT2D eigenvalue weighted by molar-refractivity contribution is -0.274. The highest BCUT2D eigenvalue weighted by atomic mass is 19.4. The third-order valence-corrected chi connectivity index (χ3v) is 3.64. The third kappa shape index (κ3) is 3.90. The number of carbonyl (C=O) groups is 1. The van der Waals surface area contributed by atoms with E-state index in [1.54, 1.807) is 23.9 Å². The van der Waals surface area contributed by atoms with Crippen LogP contribution in [-0.4, -0.2) is 22.4 Å². The zero-order valence-electron chi connectivity index (χ0n) is 13.2. The number of rotatable bonds is 5. The van der Waals surface area contributed by atoms with E-state index in [0.29, 0.717) is 17.8 Å². The minimum atomic E-state index is -4.71. The van der Waals surface area contributed by atoms with E-state index in [0.717, 1.165) is 22.9 Å². The summed E-state index contributed by atoms with van der Waals surface area (Å²) in [4.78, 5) is 10.9. The van der Waals surface area contributed by atoms with Gasteiger partial charge in [-0.15, -0.1) is 13.2 Å². The Balaban J connectivity index is 1.73. The highest BCUT2D eigenvalue weighted by Gasteiger charge is 2.30. The van der Waals surface area contributed by atoms with Crippen LogP contribution in [0.2, 0.25) is 0 Å². The summed E-state index contributed by atoms with van der Waals surface area (Å²) in [5, 5.41) is 8.41. The maximum atomic E-state index is 12.1. The second-order valence-electron chi connectivity index (χ2n) is 5.39. The molecule has 3 aromatic rings. The maximum absolute atomic E-state index is 12.1. The van der Waals surface area contributed by atoms with Gasteiger partial charge in [0.15, 0.2) is 0 Å². The number of hydrogen-bond acceptors (Lipinski definition) is 4. The van der Waals surface area contributed by atoms with E-state index in [1.165, 1.54) is 24.3 Å². The molecular formula is C17H14F3N3O2. The molecule has 2 aromatic carbocycles. The first-order valence-electron chi connectivity index (χ1n) is 7.36. The summed E-state index contributed by atoms with van der Waals surface area (Å²) in [5.41, 5.74) is 2.80. The number of alkyl halides is 3. The van der Waals surface area contributed by atoms with Crippen LogP contribution in [-0.2, 0) is 13.6 Å². The number of anilines is 1. The van der Waals surface area contributed by atoms with E-state index in [-0.39, 0.29) is 5.75 Å². The third-order valence-electron chi connectivity index (χ3n) is 3.64. The molecule has 0 aliphatic heterocycles. The monoisotopic (exact) mass is 349 g/mol. The van der Waals surface area contributed by atoms with Gasteiger partial charge < -0.3 is 10.1 Å². The van der Waals surface area contributed by atoms with Crippen molar-refractivity contribution in [2.75, 3.05) is 5.32 Å². The van der Waals surface area contributed by atoms with E-state index in [9.17, 15) is 18.0 Å². The van der Waals surface area contributed by atoms with Crippen molar-refractivity contribution in [3.8, 4) is 5.75 Å². The predicted octanol–water partition coefficient (Wildman–Crippen LogP) is 3.90. The molecule has 0 aliphatic carbocycles. The lowest BCUT2D eigenvalue weighted by Crippen LogP contribution is -2.17. The van der Waals surface area contributed by atoms with Crippen LogP contribution in [0.1, 0.15) is 16.1 Å². The molecule has 130 valence electrons. The molecule has 8 heteroatoms. The Hall–Kier alpha value is -3.03. The number of aromatic nitrogens is 2. The molecule has 0 amide bonds. The van der Waals surface area contributed by atoms with Gasteiger partial charge in [0.05, 0.1) is 17.8 Å². The van der Waals surface area contributed by atoms with Gasteiger partial charge in [-0.25, -0.2) is 0 Å². The Morgan fingerprint density at radius 1 is 1.20 bits per heavy atom. The molecule has 0 spiro atoms. The molecule has 0 saturated carbocycles. The SMILES string of the molecule is Cn1nc(CNc2ccc(OC(F)(F)F)cc2)c2ccc(C=O)cc21. The maximum Gasteiger partial charge on any atom is 0.573 e. The molecule has 1 aromatic heterocycles. The fourth-order valence-corrected chi connectivity index (χ4v) is 2.51. The Bertz CT molecular complexity index is 902. The molecule has 1 heterocycles. The lowest BCUT2D eigenvalue weighted by Gasteiger charge is -2.10. The molecule has 0 unspecified atom stereocenters. The number of fused-ring (bicyclic) bond motifs is 1. The molecule has 1 N–H and O–H groups in total. The van der Waals surface area contributed by atoms with Crippen LogP contribution in [0.5, 0.6) is 5.75 Å². The van der Waals surface area contributed by atoms with Gasteiger partial charge in [-0.3, -0.25) is 9.48 Å². The van der Waals surface area contributed by atoms with Crippen LogP contribution < -0.4 is 10.1 Å². The number of nitrogens with zero attached hydrogens (tertiary/aromatic N) is 2. The van der Waals surface area contributed by atoms with E-state index in [4.69, 9.17) is 0 Å². The van der Waals surface area contributed by atoms with Crippen molar-refractivity contribution in [3.05, 3.63) is 53.7 Å². The van der Waals surface area contributed by atoms with Crippen LogP contribution in [0.25, 0.3) is 10.9 Å². The van der Waals surface area contributed by atoms with Crippen molar-refractivity contribution < 1.29 is 22.7 Å². The normalized spacial score (nSPS) is 11.5. The van der Waals surface area contributed by atoms with Crippen molar-refractivity contribution >= 4 is 22.9 Å². The minimum Gasteiger partial charge on any atom is -0.406 e. The number of nitrogens with one attached hydrogen (secondary N) is 1. The Labute approximate surface area is 141 Å². The van der Waals surface area contributed by atoms with Gasteiger partial charge in [0.2, 0.25) is 0 Å². The molecule has 5 nitrogen and oxygen atoms in total. The largest absolute Gasteiger partial charge is 0.573 e. The lowest BCUT2D eigenvalue weighted by atomic mass is 10.1. The van der Waals surface area contributed by atoms with Crippen LogP contribution >= 0.6 is 0 Å². The summed E-state index contributed by atoms with van der Waals surface area (Å²) in [6, 6.07) is 10.8. The Kier molecular flexibility index (Phi) is 4.35. The van der Waals surface area contributed by atoms with Crippen molar-refractivity contribution in [1.29, 1.82) is 0 Å². The van der Waals surface area contributed by atoms with E-state index < -0.39 is 6.36 Å². The summed E-state index contributed by atoms with van der Waals surface area (Å²) in [6.45, 7) is 0.386. The number of carbonyl (C=O) groups excluding carboxylic acids is 1. The molecule has 0 atom stereocenters. The molecule has 25 heavy (non-hydrogen) atoms. The molecule has 0 fully saturated rings. The van der Waals surface area contributed by atoms with Crippen molar-refractivity contribution in [1.82, 2.24) is 9.78 Å². The number of aldehydes is 1. The first-order chi connectivity index (χ1) is 11.9. The first-order valence-corrected chi connectivity index (χ1v) is 7.36. The number of hydrogen-bond donors (Lipinski definition) is 1. The molecule has 0 radical (unpaired) electrons. The smallest absolute Gasteiger partial charge is 0.406 e. The van der Waals surface area contributed by atoms with E-state index in [1.807, 2.05) is 6.07 Å². The number of ether oxygens (including phenoxy) is 1. The number of benzene rings is 2. The quantitative estimate of drug-likeness (QED) is 0.710. The van der Waals surface area contributed by atoms with Gasteiger partial charge in [-0.1, -0.05) is 12.1 Å². The van der Waals surface area contributed by atoms with Gasteiger partial charge in [0, 0.05) is 23.7 Å². The number of halogens is 3. The molecule has 3 rings (SSSR count). The summed E-state index contributed by atoms with van der Waals surface area (Å²) in [7, 11) is 1.78. The van der Waals surface area contributed by atoms with Gasteiger partial charge >= 0.3 is 6.36 Å². The van der Waals surface area contributed by atoms with Crippen molar-refractivity contribution in [2.24, 2.45) is 7.05 Å². The topological polar surface area (TPSA) is 56.1 Å². The van der Waals surface area contributed by atoms with Crippen LogP contribution in [0, 0.1) is 0 Å². The summed E-state index contributed by atoms with van der Waals surface area (Å²) >= 11 is 0. The van der Waals surface area contributed by atoms with Gasteiger partial charge in [-0.05, 0) is 30.3 Å². The highest BCUT2D eigenvalue weighted by molar-refractivity contribution is 5.88. The van der Waals surface area contributed by atoms with E-state index in [2.05, 4.69) is 15.2 Å². The van der Waals surface area contributed by atoms with Crippen LogP contribution in [0.3, 0.4) is 0 Å². The molecular weight excluding hydrogens is 335 g/mol. The van der Waals surface area contributed by atoms with Crippen LogP contribution in [0.15, 0.2) is 42.5 Å². The molecule has 0 saturated heterocycles. The molecule has 0 bridgehead atoms. The Morgan fingerprint density at radius 3 is 2.56 bits per heavy atom. The van der Waals surface area contributed by atoms with Gasteiger partial charge in [-0.2, -0.15) is 5.10 Å². The standard InChI is InChI=1S/C17H14F3N3O2/c1-23-16-8-11(10-24)2-7-14(16)15(22-23)9-21-12-3-5-13(6-4-12)25-17(18,19)20/h2-8,10,21H,9H2,1H3. The van der Waals surface area contributed by atoms with Gasteiger partial charge in [0.25, 0.3) is 0 Å². The summed E-state index contributed by atoms with van der Waals surface area (Å²) in [5.74, 6) is -0.275. The number of aryl methyl sites for hydroxylation is 1.